The molecule has 0 aromatic heterocycles. The maximum Gasteiger partial charge on any atom is 1.00 e. The SMILES string of the molecule is CCC[N+](CCC)(CCC)CCC.O=C([O-])/C=C/C(=O)[O-].[K+]. The van der Waals surface area contributed by atoms with Crippen LogP contribution in [0, 0.1) is 0 Å². The van der Waals surface area contributed by atoms with Crippen LogP contribution in [0.5, 0.6) is 0 Å². The molecule has 0 saturated heterocycles. The fraction of sp³-hybridized carbons (Fsp3) is 0.750. The van der Waals surface area contributed by atoms with Crippen LogP contribution in [-0.2, 0) is 9.59 Å². The molecule has 0 atom stereocenters. The summed E-state index contributed by atoms with van der Waals surface area (Å²) in [5.74, 6) is -3.09. The fourth-order valence-corrected chi connectivity index (χ4v) is 2.70. The van der Waals surface area contributed by atoms with Crippen LogP contribution in [0.4, 0.5) is 0 Å². The van der Waals surface area contributed by atoms with Crippen molar-refractivity contribution in [1.82, 2.24) is 0 Å². The first kappa shape index (κ1) is 27.1. The average molecular weight is 340 g/mol. The van der Waals surface area contributed by atoms with Crippen molar-refractivity contribution in [2.75, 3.05) is 26.2 Å². The predicted molar refractivity (Wildman–Crippen MR) is 80.0 cm³/mol. The molecule has 0 aliphatic heterocycles. The van der Waals surface area contributed by atoms with Crippen molar-refractivity contribution < 1.29 is 75.7 Å². The Kier molecular flexibility index (Phi) is 21.7. The summed E-state index contributed by atoms with van der Waals surface area (Å²) < 4.78 is 1.38. The molecule has 6 heteroatoms. The van der Waals surface area contributed by atoms with E-state index in [2.05, 4.69) is 27.7 Å². The number of aliphatic carboxylic acids is 2. The summed E-state index contributed by atoms with van der Waals surface area (Å²) >= 11 is 0. The third kappa shape index (κ3) is 16.6. The first-order valence-electron chi connectivity index (χ1n) is 7.82. The summed E-state index contributed by atoms with van der Waals surface area (Å²) in [6.07, 6.45) is 6.10. The Balaban J connectivity index is -0.000000348. The van der Waals surface area contributed by atoms with Crippen molar-refractivity contribution in [2.45, 2.75) is 53.4 Å². The number of carbonyl (C=O) groups is 2. The van der Waals surface area contributed by atoms with Gasteiger partial charge in [0.1, 0.15) is 0 Å². The van der Waals surface area contributed by atoms with Crippen LogP contribution in [0.3, 0.4) is 0 Å². The van der Waals surface area contributed by atoms with E-state index in [-0.39, 0.29) is 51.4 Å². The van der Waals surface area contributed by atoms with E-state index >= 15 is 0 Å². The van der Waals surface area contributed by atoms with Gasteiger partial charge in [-0.1, -0.05) is 27.7 Å². The van der Waals surface area contributed by atoms with Gasteiger partial charge in [0.05, 0.1) is 38.1 Å². The molecular weight excluding hydrogens is 309 g/mol. The number of quaternary nitrogens is 1. The monoisotopic (exact) mass is 339 g/mol. The van der Waals surface area contributed by atoms with Gasteiger partial charge in [-0.25, -0.2) is 0 Å². The molecule has 0 bridgehead atoms. The summed E-state index contributed by atoms with van der Waals surface area (Å²) in [5, 5.41) is 18.8. The molecule has 5 nitrogen and oxygen atoms in total. The standard InChI is InChI=1S/C12H28N.C4H4O4.K/c1-5-9-13(10-6-2,11-7-3)12-8-4;5-3(6)1-2-4(7)8;/h5-12H2,1-4H3;1-2H,(H,5,6)(H,7,8);/q+1;;+1/p-2/b;2-1+;. The second kappa shape index (κ2) is 17.6. The summed E-state index contributed by atoms with van der Waals surface area (Å²) in [6, 6.07) is 0. The van der Waals surface area contributed by atoms with E-state index in [0.29, 0.717) is 12.2 Å². The molecule has 0 amide bonds. The van der Waals surface area contributed by atoms with Gasteiger partial charge in [0.25, 0.3) is 0 Å². The van der Waals surface area contributed by atoms with Gasteiger partial charge in [-0.2, -0.15) is 0 Å². The zero-order chi connectivity index (χ0) is 16.7. The third-order valence-electron chi connectivity index (χ3n) is 3.15. The van der Waals surface area contributed by atoms with E-state index in [1.54, 1.807) is 0 Å². The Morgan fingerprint density at radius 1 is 0.727 bits per heavy atom. The molecular formula is C16H30KNO4. The molecule has 124 valence electrons. The molecule has 0 unspecified atom stereocenters. The summed E-state index contributed by atoms with van der Waals surface area (Å²) in [4.78, 5) is 18.8. The Morgan fingerprint density at radius 3 is 1.09 bits per heavy atom. The largest absolute Gasteiger partial charge is 1.00 e. The van der Waals surface area contributed by atoms with Crippen LogP contribution in [0.1, 0.15) is 53.4 Å². The van der Waals surface area contributed by atoms with Gasteiger partial charge in [0.15, 0.2) is 0 Å². The van der Waals surface area contributed by atoms with Crippen LogP contribution >= 0.6 is 0 Å². The van der Waals surface area contributed by atoms with E-state index in [0.717, 1.165) is 0 Å². The van der Waals surface area contributed by atoms with Crippen LogP contribution in [0.25, 0.3) is 0 Å². The molecule has 0 aromatic rings. The molecule has 0 N–H and O–H groups in total. The van der Waals surface area contributed by atoms with Gasteiger partial charge >= 0.3 is 51.4 Å². The molecule has 0 fully saturated rings. The van der Waals surface area contributed by atoms with E-state index in [4.69, 9.17) is 0 Å². The molecule has 0 aliphatic rings. The van der Waals surface area contributed by atoms with Crippen molar-refractivity contribution >= 4 is 11.9 Å². The minimum Gasteiger partial charge on any atom is -0.545 e. The number of hydrogen-bond acceptors (Lipinski definition) is 4. The smallest absolute Gasteiger partial charge is 0.545 e. The third-order valence-corrected chi connectivity index (χ3v) is 3.15. The Morgan fingerprint density at radius 2 is 0.955 bits per heavy atom. The zero-order valence-corrected chi connectivity index (χ0v) is 18.0. The second-order valence-corrected chi connectivity index (χ2v) is 5.21. The molecule has 22 heavy (non-hydrogen) atoms. The molecule has 0 aliphatic carbocycles. The number of rotatable bonds is 10. The summed E-state index contributed by atoms with van der Waals surface area (Å²) in [7, 11) is 0. The van der Waals surface area contributed by atoms with E-state index in [9.17, 15) is 19.8 Å². The van der Waals surface area contributed by atoms with Gasteiger partial charge in [-0.3, -0.25) is 0 Å². The van der Waals surface area contributed by atoms with Crippen LogP contribution in [-0.4, -0.2) is 42.6 Å². The van der Waals surface area contributed by atoms with Crippen molar-refractivity contribution in [1.29, 1.82) is 0 Å². The van der Waals surface area contributed by atoms with Crippen molar-refractivity contribution in [3.05, 3.63) is 12.2 Å². The minimum absolute atomic E-state index is 0. The zero-order valence-electron chi connectivity index (χ0n) is 14.9. The molecule has 0 rings (SSSR count). The van der Waals surface area contributed by atoms with E-state index in [1.807, 2.05) is 0 Å². The van der Waals surface area contributed by atoms with Crippen LogP contribution < -0.4 is 61.6 Å². The van der Waals surface area contributed by atoms with Crippen molar-refractivity contribution in [2.24, 2.45) is 0 Å². The number of carbonyl (C=O) groups excluding carboxylic acids is 2. The normalized spacial score (nSPS) is 10.5. The maximum atomic E-state index is 9.41. The topological polar surface area (TPSA) is 80.3 Å². The van der Waals surface area contributed by atoms with Crippen LogP contribution in [0.15, 0.2) is 12.2 Å². The number of carboxylic acid groups (broad SMARTS) is 2. The number of hydrogen-bond donors (Lipinski definition) is 0. The molecule has 0 aromatic carbocycles. The molecule has 0 radical (unpaired) electrons. The van der Waals surface area contributed by atoms with Gasteiger partial charge in [-0.15, -0.1) is 0 Å². The Labute approximate surface area is 177 Å². The first-order valence-corrected chi connectivity index (χ1v) is 7.82. The molecule has 0 spiro atoms. The summed E-state index contributed by atoms with van der Waals surface area (Å²) in [5.41, 5.74) is 0. The Hall–Kier alpha value is 0.276. The Bertz CT molecular complexity index is 274. The quantitative estimate of drug-likeness (QED) is 0.250. The van der Waals surface area contributed by atoms with Gasteiger partial charge in [-0.05, 0) is 37.8 Å². The molecule has 0 heterocycles. The maximum absolute atomic E-state index is 9.41. The van der Waals surface area contributed by atoms with Gasteiger partial charge < -0.3 is 24.3 Å². The minimum atomic E-state index is -1.55. The van der Waals surface area contributed by atoms with Crippen LogP contribution in [0.2, 0.25) is 0 Å². The van der Waals surface area contributed by atoms with Gasteiger partial charge in [0.2, 0.25) is 0 Å². The predicted octanol–water partition coefficient (Wildman–Crippen LogP) is -2.51. The first-order chi connectivity index (χ1) is 9.87. The summed E-state index contributed by atoms with van der Waals surface area (Å²) in [6.45, 7) is 14.8. The fourth-order valence-electron chi connectivity index (χ4n) is 2.70. The van der Waals surface area contributed by atoms with E-state index in [1.165, 1.54) is 56.3 Å². The second-order valence-electron chi connectivity index (χ2n) is 5.21. The number of nitrogens with zero attached hydrogens (tertiary/aromatic N) is 1. The number of carboxylic acids is 2. The van der Waals surface area contributed by atoms with E-state index < -0.39 is 11.9 Å². The average Bonchev–Trinajstić information content (AvgIpc) is 2.38. The van der Waals surface area contributed by atoms with Gasteiger partial charge in [0, 0.05) is 0 Å². The van der Waals surface area contributed by atoms with Crippen molar-refractivity contribution in [3.63, 3.8) is 0 Å². The van der Waals surface area contributed by atoms with Crippen molar-refractivity contribution in [3.8, 4) is 0 Å². The molecule has 0 saturated carbocycles.